The van der Waals surface area contributed by atoms with Gasteiger partial charge in [-0.3, -0.25) is 9.89 Å². The van der Waals surface area contributed by atoms with Crippen LogP contribution in [0, 0.1) is 6.92 Å². The lowest BCUT2D eigenvalue weighted by Crippen LogP contribution is -2.11. The molecule has 0 saturated heterocycles. The first-order valence-corrected chi connectivity index (χ1v) is 10.8. The Hall–Kier alpha value is -4.99. The number of aromatic amines is 2. The lowest BCUT2D eigenvalue weighted by Gasteiger charge is -2.15. The van der Waals surface area contributed by atoms with Crippen LogP contribution in [-0.2, 0) is 6.61 Å². The number of nitrogens with two attached hydrogens (primary N) is 1. The summed E-state index contributed by atoms with van der Waals surface area (Å²) < 4.78 is 11.0. The number of anilines is 1. The summed E-state index contributed by atoms with van der Waals surface area (Å²) in [7, 11) is 0. The fourth-order valence-corrected chi connectivity index (χ4v) is 4.27. The van der Waals surface area contributed by atoms with E-state index in [0.29, 0.717) is 45.2 Å². The Balaban J connectivity index is 1.57. The molecule has 0 aliphatic carbocycles. The zero-order valence-electron chi connectivity index (χ0n) is 18.6. The topological polar surface area (TPSA) is 149 Å². The predicted molar refractivity (Wildman–Crippen MR) is 131 cm³/mol. The van der Waals surface area contributed by atoms with E-state index in [0.717, 1.165) is 22.0 Å². The Morgan fingerprint density at radius 1 is 1.14 bits per heavy atom. The highest BCUT2D eigenvalue weighted by molar-refractivity contribution is 6.09. The minimum Gasteiger partial charge on any atom is -0.468 e. The number of pyridine rings is 1. The number of hydrogen-bond acceptors (Lipinski definition) is 8. The van der Waals surface area contributed by atoms with Crippen molar-refractivity contribution in [3.05, 3.63) is 83.2 Å². The van der Waals surface area contributed by atoms with Crippen molar-refractivity contribution in [3.8, 4) is 28.3 Å². The summed E-state index contributed by atoms with van der Waals surface area (Å²) in [5, 5.41) is 8.38. The molecule has 10 heteroatoms. The van der Waals surface area contributed by atoms with Crippen molar-refractivity contribution in [2.24, 2.45) is 0 Å². The van der Waals surface area contributed by atoms with Gasteiger partial charge in [-0.15, -0.1) is 0 Å². The Labute approximate surface area is 197 Å². The number of ether oxygens (including phenoxy) is 1. The molecule has 172 valence electrons. The fraction of sp³-hybridized carbons (Fsp3) is 0.0800. The van der Waals surface area contributed by atoms with Gasteiger partial charge in [0.15, 0.2) is 6.61 Å². The molecule has 0 fully saturated rings. The van der Waals surface area contributed by atoms with Gasteiger partial charge in [-0.1, -0.05) is 12.1 Å². The first kappa shape index (κ1) is 20.6. The Morgan fingerprint density at radius 3 is 2.91 bits per heavy atom. The number of aromatic nitrogens is 6. The quantitative estimate of drug-likeness (QED) is 0.324. The average Bonchev–Trinajstić information content (AvgIpc) is 3.56. The number of rotatable bonds is 5. The summed E-state index contributed by atoms with van der Waals surface area (Å²) in [5.41, 5.74) is 11.7. The number of H-pyrrole nitrogens is 2. The molecule has 0 unspecified atom stereocenters. The van der Waals surface area contributed by atoms with E-state index in [9.17, 15) is 4.79 Å². The minimum absolute atomic E-state index is 0.136. The molecule has 6 rings (SSSR count). The van der Waals surface area contributed by atoms with Crippen LogP contribution in [0.4, 0.5) is 5.69 Å². The van der Waals surface area contributed by atoms with Crippen LogP contribution >= 0.6 is 0 Å². The highest BCUT2D eigenvalue weighted by Crippen LogP contribution is 2.40. The van der Waals surface area contributed by atoms with E-state index in [4.69, 9.17) is 14.9 Å². The van der Waals surface area contributed by atoms with Gasteiger partial charge in [-0.05, 0) is 36.2 Å². The molecular formula is C25H19N7O3. The first-order chi connectivity index (χ1) is 17.1. The van der Waals surface area contributed by atoms with Crippen LogP contribution in [-0.4, -0.2) is 30.1 Å². The normalized spacial score (nSPS) is 11.3. The lowest BCUT2D eigenvalue weighted by molar-refractivity contribution is 0.254. The van der Waals surface area contributed by atoms with E-state index in [-0.39, 0.29) is 12.2 Å². The third-order valence-corrected chi connectivity index (χ3v) is 5.88. The smallest absolute Gasteiger partial charge is 0.260 e. The van der Waals surface area contributed by atoms with Crippen molar-refractivity contribution in [3.63, 3.8) is 0 Å². The summed E-state index contributed by atoms with van der Waals surface area (Å²) in [5.74, 6) is 0.819. The zero-order chi connectivity index (χ0) is 23.9. The molecule has 4 heterocycles. The molecule has 6 aromatic rings. The van der Waals surface area contributed by atoms with E-state index >= 15 is 0 Å². The highest BCUT2D eigenvalue weighted by Gasteiger charge is 2.20. The number of nitrogens with one attached hydrogen (secondary N) is 2. The Morgan fingerprint density at radius 2 is 2.06 bits per heavy atom. The highest BCUT2D eigenvalue weighted by atomic mass is 16.5. The third kappa shape index (κ3) is 3.48. The molecule has 35 heavy (non-hydrogen) atoms. The first-order valence-electron chi connectivity index (χ1n) is 10.8. The third-order valence-electron chi connectivity index (χ3n) is 5.88. The maximum Gasteiger partial charge on any atom is 0.260 e. The fourth-order valence-electron chi connectivity index (χ4n) is 4.27. The summed E-state index contributed by atoms with van der Waals surface area (Å²) >= 11 is 0. The number of nitrogens with zero attached hydrogens (tertiary/aromatic N) is 4. The average molecular weight is 465 g/mol. The van der Waals surface area contributed by atoms with E-state index in [1.165, 1.54) is 12.6 Å². The molecule has 4 aromatic heterocycles. The van der Waals surface area contributed by atoms with Gasteiger partial charge in [-0.25, -0.2) is 15.0 Å². The van der Waals surface area contributed by atoms with Crippen LogP contribution in [0.25, 0.3) is 44.2 Å². The van der Waals surface area contributed by atoms with Crippen LogP contribution in [0.2, 0.25) is 0 Å². The molecule has 0 aliphatic heterocycles. The molecule has 0 aliphatic rings. The second-order valence-corrected chi connectivity index (χ2v) is 8.00. The molecular weight excluding hydrogens is 446 g/mol. The van der Waals surface area contributed by atoms with Crippen molar-refractivity contribution >= 4 is 27.5 Å². The van der Waals surface area contributed by atoms with E-state index in [1.54, 1.807) is 18.5 Å². The Kier molecular flexibility index (Phi) is 4.77. The van der Waals surface area contributed by atoms with Crippen molar-refractivity contribution in [1.82, 2.24) is 30.1 Å². The summed E-state index contributed by atoms with van der Waals surface area (Å²) in [6, 6.07) is 11.3. The predicted octanol–water partition coefficient (Wildman–Crippen LogP) is 3.99. The lowest BCUT2D eigenvalue weighted by atomic mass is 9.91. The van der Waals surface area contributed by atoms with Crippen molar-refractivity contribution in [2.75, 3.05) is 5.73 Å². The van der Waals surface area contributed by atoms with Crippen LogP contribution < -0.4 is 16.0 Å². The number of aryl methyl sites for hydroxylation is 1. The molecule has 0 saturated carbocycles. The van der Waals surface area contributed by atoms with E-state index in [1.807, 2.05) is 37.3 Å². The van der Waals surface area contributed by atoms with Crippen molar-refractivity contribution in [1.29, 1.82) is 0 Å². The number of benzene rings is 2. The van der Waals surface area contributed by atoms with Gasteiger partial charge in [0.1, 0.15) is 6.26 Å². The molecule has 0 amide bonds. The second kappa shape index (κ2) is 8.10. The van der Waals surface area contributed by atoms with Gasteiger partial charge >= 0.3 is 0 Å². The van der Waals surface area contributed by atoms with Gasteiger partial charge in [0.25, 0.3) is 5.56 Å². The molecule has 2 aromatic carbocycles. The summed E-state index contributed by atoms with van der Waals surface area (Å²) in [6.45, 7) is 2.13. The van der Waals surface area contributed by atoms with Gasteiger partial charge in [0, 0.05) is 22.6 Å². The Bertz CT molecular complexity index is 1750. The van der Waals surface area contributed by atoms with Crippen LogP contribution in [0.1, 0.15) is 11.5 Å². The number of nitrogen functional groups attached to an aromatic ring is 1. The maximum atomic E-state index is 12.9. The molecule has 0 radical (unpaired) electrons. The molecule has 10 nitrogen and oxygen atoms in total. The minimum atomic E-state index is -0.330. The van der Waals surface area contributed by atoms with Gasteiger partial charge in [-0.2, -0.15) is 5.10 Å². The standard InChI is InChI=1S/C25H19N7O3/c1-13-5-6-18-16(10-30-32-18)21(13)15-9-14(24-22(23(15)26)25(33)29-12-28-24)17-3-2-4-19(31-17)35-11-20-27-7-8-34-20/h2-10,12H,11,26H2,1H3,(H,30,32)(H,28,29,33). The molecule has 0 spiro atoms. The van der Waals surface area contributed by atoms with Crippen LogP contribution in [0.3, 0.4) is 0 Å². The molecule has 4 N–H and O–H groups in total. The zero-order valence-corrected chi connectivity index (χ0v) is 18.6. The second-order valence-electron chi connectivity index (χ2n) is 8.00. The number of fused-ring (bicyclic) bond motifs is 2. The van der Waals surface area contributed by atoms with Crippen LogP contribution in [0.15, 0.2) is 70.6 Å². The summed E-state index contributed by atoms with van der Waals surface area (Å²) in [4.78, 5) is 28.7. The largest absolute Gasteiger partial charge is 0.468 e. The molecule has 0 bridgehead atoms. The molecule has 0 atom stereocenters. The van der Waals surface area contributed by atoms with Crippen LogP contribution in [0.5, 0.6) is 5.88 Å². The van der Waals surface area contributed by atoms with Gasteiger partial charge < -0.3 is 19.9 Å². The van der Waals surface area contributed by atoms with E-state index in [2.05, 4.69) is 30.1 Å². The van der Waals surface area contributed by atoms with Gasteiger partial charge in [0.05, 0.1) is 46.5 Å². The van der Waals surface area contributed by atoms with E-state index < -0.39 is 0 Å². The summed E-state index contributed by atoms with van der Waals surface area (Å²) in [6.07, 6.45) is 6.15. The van der Waals surface area contributed by atoms with Crippen molar-refractivity contribution < 1.29 is 9.15 Å². The maximum absolute atomic E-state index is 12.9. The number of hydrogen-bond donors (Lipinski definition) is 3. The van der Waals surface area contributed by atoms with Crippen molar-refractivity contribution in [2.45, 2.75) is 13.5 Å². The SMILES string of the molecule is Cc1ccc2[nH]ncc2c1-c1cc(-c2cccc(OCc3ncco3)n2)c2nc[nH]c(=O)c2c1N. The monoisotopic (exact) mass is 465 g/mol. The number of oxazole rings is 1. The van der Waals surface area contributed by atoms with Gasteiger partial charge in [0.2, 0.25) is 11.8 Å².